The number of nitrogens with one attached hydrogen (secondary N) is 2. The van der Waals surface area contributed by atoms with Crippen molar-refractivity contribution >= 4 is 23.9 Å². The number of amides is 3. The van der Waals surface area contributed by atoms with Crippen LogP contribution in [0.3, 0.4) is 0 Å². The van der Waals surface area contributed by atoms with E-state index in [0.717, 1.165) is 25.7 Å². The topological polar surface area (TPSA) is 149 Å². The Morgan fingerprint density at radius 3 is 2.39 bits per heavy atom. The molecule has 0 spiro atoms. The number of esters is 1. The molecule has 0 aromatic rings. The van der Waals surface area contributed by atoms with E-state index in [4.69, 9.17) is 20.2 Å². The minimum atomic E-state index is -1.20. The number of hydrogen-bond acceptors (Lipinski definition) is 8. The molecule has 3 aliphatic rings. The third-order valence-corrected chi connectivity index (χ3v) is 7.28. The van der Waals surface area contributed by atoms with Gasteiger partial charge >= 0.3 is 12.1 Å². The lowest BCUT2D eigenvalue weighted by Gasteiger charge is -2.35. The van der Waals surface area contributed by atoms with E-state index in [2.05, 4.69) is 17.2 Å². The van der Waals surface area contributed by atoms with Gasteiger partial charge in [0.25, 0.3) is 0 Å². The van der Waals surface area contributed by atoms with Crippen molar-refractivity contribution in [2.45, 2.75) is 96.1 Å². The van der Waals surface area contributed by atoms with Gasteiger partial charge in [-0.1, -0.05) is 26.8 Å². The number of likely N-dealkylation sites (tertiary alicyclic amines) is 1. The number of rotatable bonds is 9. The Labute approximate surface area is 212 Å². The zero-order valence-corrected chi connectivity index (χ0v) is 21.7. The number of ether oxygens (including phenoxy) is 2. The van der Waals surface area contributed by atoms with Gasteiger partial charge in [-0.15, -0.1) is 6.58 Å². The Bertz CT molecular complexity index is 867. The van der Waals surface area contributed by atoms with Gasteiger partial charge in [-0.05, 0) is 44.4 Å². The van der Waals surface area contributed by atoms with Crippen LogP contribution in [0, 0.1) is 11.3 Å². The number of nitrogens with two attached hydrogens (primary N) is 1. The molecule has 11 nitrogen and oxygen atoms in total. The van der Waals surface area contributed by atoms with E-state index < -0.39 is 53.0 Å². The summed E-state index contributed by atoms with van der Waals surface area (Å²) in [4.78, 5) is 58.8. The van der Waals surface area contributed by atoms with Gasteiger partial charge in [-0.2, -0.15) is 0 Å². The van der Waals surface area contributed by atoms with Crippen LogP contribution in [0.5, 0.6) is 0 Å². The van der Waals surface area contributed by atoms with Crippen molar-refractivity contribution in [3.05, 3.63) is 12.7 Å². The van der Waals surface area contributed by atoms with Crippen molar-refractivity contribution in [2.75, 3.05) is 13.2 Å². The Morgan fingerprint density at radius 1 is 1.19 bits per heavy atom. The fraction of sp³-hybridized carbons (Fsp3) is 0.760. The smallest absolute Gasteiger partial charge is 0.408 e. The molecular formula is C25H40N4O7. The molecular weight excluding hydrogens is 468 g/mol. The summed E-state index contributed by atoms with van der Waals surface area (Å²) in [5.41, 5.74) is -1.87. The maximum atomic E-state index is 13.8. The average Bonchev–Trinajstić information content (AvgIpc) is 3.15. The first kappa shape index (κ1) is 27.9. The van der Waals surface area contributed by atoms with Gasteiger partial charge in [0.1, 0.15) is 23.7 Å². The average molecular weight is 509 g/mol. The first-order valence-corrected chi connectivity index (χ1v) is 12.7. The summed E-state index contributed by atoms with van der Waals surface area (Å²) in [6.45, 7) is 11.1. The molecule has 3 rings (SSSR count). The number of carbonyl (C=O) groups is 4. The maximum absolute atomic E-state index is 13.8. The fourth-order valence-electron chi connectivity index (χ4n) is 5.08. The van der Waals surface area contributed by atoms with Crippen molar-refractivity contribution in [1.29, 1.82) is 0 Å². The Hall–Kier alpha value is -2.66. The first-order chi connectivity index (χ1) is 17.0. The van der Waals surface area contributed by atoms with E-state index in [1.54, 1.807) is 13.0 Å². The summed E-state index contributed by atoms with van der Waals surface area (Å²) >= 11 is 0. The second-order valence-corrected chi connectivity index (χ2v) is 11.0. The lowest BCUT2D eigenvalue weighted by Crippen LogP contribution is -2.59. The predicted octanol–water partition coefficient (Wildman–Crippen LogP) is 1.55. The van der Waals surface area contributed by atoms with Crippen LogP contribution < -0.4 is 16.5 Å². The second-order valence-electron chi connectivity index (χ2n) is 11.0. The normalized spacial score (nSPS) is 28.8. The molecule has 0 radical (unpaired) electrons. The molecule has 1 heterocycles. The molecule has 1 aliphatic heterocycles. The molecule has 2 aliphatic carbocycles. The highest BCUT2D eigenvalue weighted by molar-refractivity contribution is 5.96. The molecule has 0 aromatic heterocycles. The molecule has 3 fully saturated rings. The quantitative estimate of drug-likeness (QED) is 0.241. The van der Waals surface area contributed by atoms with Crippen LogP contribution in [0.15, 0.2) is 12.7 Å². The molecule has 202 valence electrons. The Balaban J connectivity index is 1.77. The van der Waals surface area contributed by atoms with Crippen molar-refractivity contribution < 1.29 is 33.5 Å². The lowest BCUT2D eigenvalue weighted by molar-refractivity contribution is -0.150. The summed E-state index contributed by atoms with van der Waals surface area (Å²) in [6, 6.07) is -1.90. The first-order valence-electron chi connectivity index (χ1n) is 12.7. The van der Waals surface area contributed by atoms with Crippen LogP contribution >= 0.6 is 0 Å². The summed E-state index contributed by atoms with van der Waals surface area (Å²) in [5, 5.41) is 5.53. The van der Waals surface area contributed by atoms with Crippen molar-refractivity contribution in [2.24, 2.45) is 17.2 Å². The van der Waals surface area contributed by atoms with Gasteiger partial charge in [-0.25, -0.2) is 15.5 Å². The minimum absolute atomic E-state index is 0.0661. The van der Waals surface area contributed by atoms with Crippen molar-refractivity contribution in [3.63, 3.8) is 0 Å². The predicted molar refractivity (Wildman–Crippen MR) is 130 cm³/mol. The van der Waals surface area contributed by atoms with Gasteiger partial charge in [-0.3, -0.25) is 14.4 Å². The molecule has 2 saturated carbocycles. The molecule has 1 saturated heterocycles. The minimum Gasteiger partial charge on any atom is -0.464 e. The molecule has 0 bridgehead atoms. The van der Waals surface area contributed by atoms with Crippen LogP contribution in [0.4, 0.5) is 4.79 Å². The summed E-state index contributed by atoms with van der Waals surface area (Å²) in [7, 11) is 0. The molecule has 0 aromatic carbocycles. The standard InChI is InChI=1S/C25H40N4O7/c1-6-15-13-25(15,22(32)34-7-2)28-20(30)18-12-17(36-26)14-29(18)21(31)19(24(3,4)5)27-23(33)35-16-10-8-9-11-16/h6,15-19H,1,7-14,26H2,2-5H3,(H,27,33)(H,28,30)/t15-,17?,18+,19-,25+/m1/s1. The molecule has 5 atom stereocenters. The molecule has 11 heteroatoms. The number of nitrogens with zero attached hydrogens (tertiary/aromatic N) is 1. The van der Waals surface area contributed by atoms with E-state index in [1.165, 1.54) is 4.90 Å². The summed E-state index contributed by atoms with van der Waals surface area (Å²) in [6.07, 6.45) is 4.35. The van der Waals surface area contributed by atoms with Gasteiger partial charge in [0, 0.05) is 18.9 Å². The third kappa shape index (κ3) is 6.00. The van der Waals surface area contributed by atoms with E-state index >= 15 is 0 Å². The molecule has 36 heavy (non-hydrogen) atoms. The Kier molecular flexibility index (Phi) is 8.66. The maximum Gasteiger partial charge on any atom is 0.408 e. The fourth-order valence-corrected chi connectivity index (χ4v) is 5.08. The van der Waals surface area contributed by atoms with Crippen LogP contribution in [-0.4, -0.2) is 71.8 Å². The van der Waals surface area contributed by atoms with Crippen molar-refractivity contribution in [3.8, 4) is 0 Å². The van der Waals surface area contributed by atoms with Gasteiger partial charge in [0.2, 0.25) is 11.8 Å². The number of hydrogen-bond donors (Lipinski definition) is 3. The number of carbonyl (C=O) groups excluding carboxylic acids is 4. The van der Waals surface area contributed by atoms with Crippen LogP contribution in [-0.2, 0) is 28.7 Å². The van der Waals surface area contributed by atoms with E-state index in [0.29, 0.717) is 6.42 Å². The van der Waals surface area contributed by atoms with Crippen molar-refractivity contribution in [1.82, 2.24) is 15.5 Å². The monoisotopic (exact) mass is 508 g/mol. The van der Waals surface area contributed by atoms with E-state index in [9.17, 15) is 19.2 Å². The lowest BCUT2D eigenvalue weighted by atomic mass is 9.85. The SMILES string of the molecule is C=C[C@@H]1C[C@@]1(NC(=O)[C@@H]1CC(ON)CN1C(=O)[C@@H](NC(=O)OC1CCCC1)C(C)(C)C)C(=O)OCC. The summed E-state index contributed by atoms with van der Waals surface area (Å²) in [5.74, 6) is 3.66. The zero-order chi connectivity index (χ0) is 26.7. The highest BCUT2D eigenvalue weighted by atomic mass is 16.6. The van der Waals surface area contributed by atoms with Crippen LogP contribution in [0.2, 0.25) is 0 Å². The van der Waals surface area contributed by atoms with E-state index in [1.807, 2.05) is 20.8 Å². The Morgan fingerprint density at radius 2 is 1.86 bits per heavy atom. The largest absolute Gasteiger partial charge is 0.464 e. The third-order valence-electron chi connectivity index (χ3n) is 7.28. The van der Waals surface area contributed by atoms with Gasteiger partial charge < -0.3 is 25.0 Å². The molecule has 1 unspecified atom stereocenters. The van der Waals surface area contributed by atoms with Crippen LogP contribution in [0.1, 0.15) is 66.2 Å². The highest BCUT2D eigenvalue weighted by Gasteiger charge is 2.62. The zero-order valence-electron chi connectivity index (χ0n) is 21.7. The second kappa shape index (κ2) is 11.2. The highest BCUT2D eigenvalue weighted by Crippen LogP contribution is 2.45. The van der Waals surface area contributed by atoms with Crippen LogP contribution in [0.25, 0.3) is 0 Å². The summed E-state index contributed by atoms with van der Waals surface area (Å²) < 4.78 is 10.7. The van der Waals surface area contributed by atoms with Gasteiger partial charge in [0.05, 0.1) is 12.7 Å². The number of alkyl carbamates (subject to hydrolysis) is 1. The molecule has 4 N–H and O–H groups in total. The molecule has 3 amide bonds. The van der Waals surface area contributed by atoms with Gasteiger partial charge in [0.15, 0.2) is 0 Å². The van der Waals surface area contributed by atoms with E-state index in [-0.39, 0.29) is 31.6 Å².